The maximum Gasteiger partial charge on any atom is 0.262 e. The lowest BCUT2D eigenvalue weighted by Gasteiger charge is -2.23. The van der Waals surface area contributed by atoms with E-state index in [0.717, 1.165) is 12.1 Å². The minimum atomic E-state index is -0.0000926. The van der Waals surface area contributed by atoms with Crippen molar-refractivity contribution in [3.05, 3.63) is 59.7 Å². The van der Waals surface area contributed by atoms with Gasteiger partial charge in [-0.3, -0.25) is 4.79 Å². The smallest absolute Gasteiger partial charge is 0.262 e. The van der Waals surface area contributed by atoms with E-state index in [4.69, 9.17) is 4.74 Å². The molecule has 3 nitrogen and oxygen atoms in total. The normalized spacial score (nSPS) is 16.9. The minimum Gasteiger partial charge on any atom is -0.496 e. The number of methoxy groups -OCH3 is 1. The summed E-state index contributed by atoms with van der Waals surface area (Å²) in [5.74, 6) is 0.619. The number of nitrogens with zero attached hydrogens (tertiary/aromatic N) is 1. The summed E-state index contributed by atoms with van der Waals surface area (Å²) in [6.45, 7) is 2.08. The molecule has 0 radical (unpaired) electrons. The first-order valence-corrected chi connectivity index (χ1v) is 6.77. The molecule has 0 aliphatic carbocycles. The van der Waals surface area contributed by atoms with Crippen molar-refractivity contribution >= 4 is 11.6 Å². The van der Waals surface area contributed by atoms with Crippen molar-refractivity contribution in [1.29, 1.82) is 0 Å². The number of amides is 1. The van der Waals surface area contributed by atoms with Crippen LogP contribution in [-0.2, 0) is 6.42 Å². The standard InChI is InChI=1S/C17H17NO2/c1-12-11-13-7-3-5-9-15(13)18(12)17(19)14-8-4-6-10-16(14)20-2/h3-10,12H,11H2,1-2H3/t12-/m1/s1. The molecule has 20 heavy (non-hydrogen) atoms. The molecular weight excluding hydrogens is 250 g/mol. The Bertz CT molecular complexity index is 651. The molecule has 0 bridgehead atoms. The Morgan fingerprint density at radius 3 is 2.65 bits per heavy atom. The molecule has 1 aliphatic rings. The molecular formula is C17H17NO2. The molecule has 0 saturated heterocycles. The molecule has 1 aliphatic heterocycles. The number of rotatable bonds is 2. The van der Waals surface area contributed by atoms with Crippen molar-refractivity contribution < 1.29 is 9.53 Å². The molecule has 2 aromatic carbocycles. The summed E-state index contributed by atoms with van der Waals surface area (Å²) in [4.78, 5) is 14.7. The summed E-state index contributed by atoms with van der Waals surface area (Å²) in [6.07, 6.45) is 0.900. The van der Waals surface area contributed by atoms with Crippen molar-refractivity contribution in [3.63, 3.8) is 0 Å². The van der Waals surface area contributed by atoms with Crippen LogP contribution in [-0.4, -0.2) is 19.1 Å². The van der Waals surface area contributed by atoms with Gasteiger partial charge in [0.2, 0.25) is 0 Å². The Kier molecular flexibility index (Phi) is 3.18. The number of ether oxygens (including phenoxy) is 1. The van der Waals surface area contributed by atoms with E-state index in [1.54, 1.807) is 7.11 Å². The molecule has 1 atom stereocenters. The molecule has 3 rings (SSSR count). The summed E-state index contributed by atoms with van der Waals surface area (Å²) >= 11 is 0. The molecule has 102 valence electrons. The van der Waals surface area contributed by atoms with Crippen LogP contribution in [0.15, 0.2) is 48.5 Å². The number of carbonyl (C=O) groups excluding carboxylic acids is 1. The highest BCUT2D eigenvalue weighted by atomic mass is 16.5. The van der Waals surface area contributed by atoms with Gasteiger partial charge < -0.3 is 9.64 Å². The molecule has 0 aromatic heterocycles. The first-order valence-electron chi connectivity index (χ1n) is 6.77. The second-order valence-corrected chi connectivity index (χ2v) is 5.06. The maximum absolute atomic E-state index is 12.8. The Hall–Kier alpha value is -2.29. The number of para-hydroxylation sites is 2. The van der Waals surface area contributed by atoms with Gasteiger partial charge in [-0.05, 0) is 37.1 Å². The molecule has 0 saturated carbocycles. The Morgan fingerprint density at radius 2 is 1.85 bits per heavy atom. The van der Waals surface area contributed by atoms with Gasteiger partial charge in [-0.15, -0.1) is 0 Å². The minimum absolute atomic E-state index is 0.0000926. The van der Waals surface area contributed by atoms with E-state index in [9.17, 15) is 4.79 Å². The predicted octanol–water partition coefficient (Wildman–Crippen LogP) is 3.29. The summed E-state index contributed by atoms with van der Waals surface area (Å²) in [5, 5.41) is 0. The van der Waals surface area contributed by atoms with E-state index >= 15 is 0 Å². The number of anilines is 1. The van der Waals surface area contributed by atoms with Gasteiger partial charge in [-0.1, -0.05) is 30.3 Å². The van der Waals surface area contributed by atoms with Crippen molar-refractivity contribution in [2.45, 2.75) is 19.4 Å². The monoisotopic (exact) mass is 267 g/mol. The van der Waals surface area contributed by atoms with Gasteiger partial charge in [0.15, 0.2) is 0 Å². The Balaban J connectivity index is 2.03. The fourth-order valence-corrected chi connectivity index (χ4v) is 2.83. The van der Waals surface area contributed by atoms with Crippen LogP contribution in [0.4, 0.5) is 5.69 Å². The van der Waals surface area contributed by atoms with E-state index in [-0.39, 0.29) is 11.9 Å². The van der Waals surface area contributed by atoms with Gasteiger partial charge in [0.1, 0.15) is 5.75 Å². The molecule has 3 heteroatoms. The topological polar surface area (TPSA) is 29.5 Å². The molecule has 0 fully saturated rings. The number of benzene rings is 2. The van der Waals surface area contributed by atoms with E-state index in [0.29, 0.717) is 11.3 Å². The fraction of sp³-hybridized carbons (Fsp3) is 0.235. The fourth-order valence-electron chi connectivity index (χ4n) is 2.83. The van der Waals surface area contributed by atoms with Gasteiger partial charge in [-0.25, -0.2) is 0 Å². The van der Waals surface area contributed by atoms with Crippen LogP contribution in [0.25, 0.3) is 0 Å². The number of hydrogen-bond donors (Lipinski definition) is 0. The third-order valence-electron chi connectivity index (χ3n) is 3.76. The average molecular weight is 267 g/mol. The number of fused-ring (bicyclic) bond motifs is 1. The van der Waals surface area contributed by atoms with E-state index in [2.05, 4.69) is 13.0 Å². The highest BCUT2D eigenvalue weighted by Gasteiger charge is 2.32. The number of hydrogen-bond acceptors (Lipinski definition) is 2. The van der Waals surface area contributed by atoms with Crippen LogP contribution in [0.1, 0.15) is 22.8 Å². The lowest BCUT2D eigenvalue weighted by atomic mass is 10.1. The van der Waals surface area contributed by atoms with Gasteiger partial charge in [0.05, 0.1) is 12.7 Å². The average Bonchev–Trinajstić information content (AvgIpc) is 2.82. The molecule has 1 amide bonds. The van der Waals surface area contributed by atoms with Gasteiger partial charge >= 0.3 is 0 Å². The molecule has 1 heterocycles. The summed E-state index contributed by atoms with van der Waals surface area (Å²) in [6, 6.07) is 15.6. The summed E-state index contributed by atoms with van der Waals surface area (Å²) in [5.41, 5.74) is 2.85. The third-order valence-corrected chi connectivity index (χ3v) is 3.76. The van der Waals surface area contributed by atoms with E-state index < -0.39 is 0 Å². The van der Waals surface area contributed by atoms with Gasteiger partial charge in [0.25, 0.3) is 5.91 Å². The van der Waals surface area contributed by atoms with Crippen LogP contribution in [0.5, 0.6) is 5.75 Å². The first kappa shape index (κ1) is 12.7. The zero-order valence-electron chi connectivity index (χ0n) is 11.7. The van der Waals surface area contributed by atoms with Crippen LogP contribution in [0.3, 0.4) is 0 Å². The van der Waals surface area contributed by atoms with Gasteiger partial charge in [-0.2, -0.15) is 0 Å². The van der Waals surface area contributed by atoms with Crippen molar-refractivity contribution in [1.82, 2.24) is 0 Å². The highest BCUT2D eigenvalue weighted by molar-refractivity contribution is 6.09. The first-order chi connectivity index (χ1) is 9.72. The number of carbonyl (C=O) groups is 1. The second kappa shape index (κ2) is 5.00. The highest BCUT2D eigenvalue weighted by Crippen LogP contribution is 2.34. The van der Waals surface area contributed by atoms with Crippen LogP contribution in [0.2, 0.25) is 0 Å². The van der Waals surface area contributed by atoms with E-state index in [1.165, 1.54) is 5.56 Å². The van der Waals surface area contributed by atoms with E-state index in [1.807, 2.05) is 47.4 Å². The van der Waals surface area contributed by atoms with Crippen LogP contribution < -0.4 is 9.64 Å². The van der Waals surface area contributed by atoms with Gasteiger partial charge in [0, 0.05) is 11.7 Å². The quantitative estimate of drug-likeness (QED) is 0.835. The molecule has 0 N–H and O–H groups in total. The molecule has 0 unspecified atom stereocenters. The maximum atomic E-state index is 12.8. The van der Waals surface area contributed by atoms with Crippen LogP contribution >= 0.6 is 0 Å². The summed E-state index contributed by atoms with van der Waals surface area (Å²) < 4.78 is 5.30. The largest absolute Gasteiger partial charge is 0.496 e. The van der Waals surface area contributed by atoms with Crippen LogP contribution in [0, 0.1) is 0 Å². The zero-order valence-corrected chi connectivity index (χ0v) is 11.7. The molecule has 2 aromatic rings. The Morgan fingerprint density at radius 1 is 1.15 bits per heavy atom. The van der Waals surface area contributed by atoms with Crippen molar-refractivity contribution in [2.24, 2.45) is 0 Å². The zero-order chi connectivity index (χ0) is 14.1. The van der Waals surface area contributed by atoms with Crippen molar-refractivity contribution in [3.8, 4) is 5.75 Å². The Labute approximate surface area is 118 Å². The SMILES string of the molecule is COc1ccccc1C(=O)N1c2ccccc2C[C@H]1C. The lowest BCUT2D eigenvalue weighted by molar-refractivity contribution is 0.0978. The predicted molar refractivity (Wildman–Crippen MR) is 79.4 cm³/mol. The summed E-state index contributed by atoms with van der Waals surface area (Å²) in [7, 11) is 1.59. The molecule has 0 spiro atoms. The lowest BCUT2D eigenvalue weighted by Crippen LogP contribution is -2.35. The third kappa shape index (κ3) is 1.95. The van der Waals surface area contributed by atoms with Crippen molar-refractivity contribution in [2.75, 3.05) is 12.0 Å². The second-order valence-electron chi connectivity index (χ2n) is 5.06.